The van der Waals surface area contributed by atoms with Gasteiger partial charge in [0.15, 0.2) is 0 Å². The topological polar surface area (TPSA) is 77.9 Å². The van der Waals surface area contributed by atoms with Crippen molar-refractivity contribution in [1.29, 1.82) is 0 Å². The maximum absolute atomic E-state index is 12.9. The summed E-state index contributed by atoms with van der Waals surface area (Å²) < 4.78 is 27.1. The minimum Gasteiger partial charge on any atom is -0.391 e. The minimum atomic E-state index is -3.38. The molecule has 1 aliphatic carbocycles. The van der Waals surface area contributed by atoms with Gasteiger partial charge in [-0.25, -0.2) is 12.7 Å². The van der Waals surface area contributed by atoms with E-state index in [4.69, 9.17) is 0 Å². The van der Waals surface area contributed by atoms with Crippen molar-refractivity contribution in [3.63, 3.8) is 0 Å². The molecule has 0 radical (unpaired) electrons. The van der Waals surface area contributed by atoms with Gasteiger partial charge in [0.05, 0.1) is 17.9 Å². The van der Waals surface area contributed by atoms with E-state index < -0.39 is 16.1 Å². The highest BCUT2D eigenvalue weighted by atomic mass is 32.2. The monoisotopic (exact) mass is 408 g/mol. The number of hydrogen-bond acceptors (Lipinski definition) is 4. The van der Waals surface area contributed by atoms with Gasteiger partial charge in [0.2, 0.25) is 15.9 Å². The zero-order valence-electron chi connectivity index (χ0n) is 16.9. The molecule has 6 nitrogen and oxygen atoms in total. The van der Waals surface area contributed by atoms with Gasteiger partial charge in [-0.1, -0.05) is 42.7 Å². The third-order valence-corrected chi connectivity index (χ3v) is 8.02. The van der Waals surface area contributed by atoms with Crippen molar-refractivity contribution < 1.29 is 18.3 Å². The summed E-state index contributed by atoms with van der Waals surface area (Å²) in [6, 6.07) is 7.46. The lowest BCUT2D eigenvalue weighted by molar-refractivity contribution is -0.141. The van der Waals surface area contributed by atoms with Crippen molar-refractivity contribution in [1.82, 2.24) is 9.21 Å². The van der Waals surface area contributed by atoms with E-state index in [2.05, 4.69) is 0 Å². The first-order valence-corrected chi connectivity index (χ1v) is 11.9. The van der Waals surface area contributed by atoms with Crippen LogP contribution in [0.5, 0.6) is 0 Å². The van der Waals surface area contributed by atoms with Crippen LogP contribution in [-0.2, 0) is 20.6 Å². The molecule has 28 heavy (non-hydrogen) atoms. The predicted molar refractivity (Wildman–Crippen MR) is 109 cm³/mol. The standard InChI is InChI=1S/C21H32N2O4S/c1-16-6-5-7-17(14-16)15-28(26,27)23-12-10-18(11-13-23)21(25)22(2)19-8-3-4-9-20(19)24/h5-7,14,18-20,24H,3-4,8-13,15H2,1-2H3/t19-,20-/m0/s1. The summed E-state index contributed by atoms with van der Waals surface area (Å²) >= 11 is 0. The molecule has 156 valence electrons. The molecule has 3 rings (SSSR count). The molecular weight excluding hydrogens is 376 g/mol. The quantitative estimate of drug-likeness (QED) is 0.811. The van der Waals surface area contributed by atoms with Crippen LogP contribution in [0.4, 0.5) is 0 Å². The molecule has 2 atom stereocenters. The van der Waals surface area contributed by atoms with Gasteiger partial charge in [-0.2, -0.15) is 0 Å². The van der Waals surface area contributed by atoms with E-state index in [0.717, 1.165) is 36.8 Å². The number of carbonyl (C=O) groups excluding carboxylic acids is 1. The molecule has 0 spiro atoms. The number of sulfonamides is 1. The summed E-state index contributed by atoms with van der Waals surface area (Å²) in [7, 11) is -1.60. The average molecular weight is 409 g/mol. The van der Waals surface area contributed by atoms with Gasteiger partial charge in [-0.15, -0.1) is 0 Å². The number of hydrogen-bond donors (Lipinski definition) is 1. The number of aliphatic hydroxyl groups is 1. The Morgan fingerprint density at radius 1 is 1.18 bits per heavy atom. The van der Waals surface area contributed by atoms with Crippen molar-refractivity contribution in [2.24, 2.45) is 5.92 Å². The highest BCUT2D eigenvalue weighted by Crippen LogP contribution is 2.27. The van der Waals surface area contributed by atoms with Crippen molar-refractivity contribution in [3.05, 3.63) is 35.4 Å². The number of likely N-dealkylation sites (N-methyl/N-ethyl adjacent to an activating group) is 1. The van der Waals surface area contributed by atoms with Crippen LogP contribution in [0.25, 0.3) is 0 Å². The number of carbonyl (C=O) groups is 1. The molecule has 1 aliphatic heterocycles. The fraction of sp³-hybridized carbons (Fsp3) is 0.667. The van der Waals surface area contributed by atoms with Gasteiger partial charge in [-0.05, 0) is 38.2 Å². The first-order valence-electron chi connectivity index (χ1n) is 10.3. The van der Waals surface area contributed by atoms with Gasteiger partial charge >= 0.3 is 0 Å². The number of benzene rings is 1. The zero-order chi connectivity index (χ0) is 20.3. The molecule has 2 aliphatic rings. The highest BCUT2D eigenvalue weighted by Gasteiger charge is 2.36. The number of amides is 1. The zero-order valence-corrected chi connectivity index (χ0v) is 17.7. The summed E-state index contributed by atoms with van der Waals surface area (Å²) in [6.45, 7) is 2.71. The summed E-state index contributed by atoms with van der Waals surface area (Å²) in [5.74, 6) is -0.118. The van der Waals surface area contributed by atoms with Crippen LogP contribution in [-0.4, -0.2) is 60.9 Å². The second-order valence-corrected chi connectivity index (χ2v) is 10.3. The average Bonchev–Trinajstić information content (AvgIpc) is 2.67. The summed E-state index contributed by atoms with van der Waals surface area (Å²) in [5, 5.41) is 10.2. The SMILES string of the molecule is Cc1cccc(CS(=O)(=O)N2CCC(C(=O)N(C)[C@H]3CCCC[C@@H]3O)CC2)c1. The van der Waals surface area contributed by atoms with Crippen molar-refractivity contribution in [2.45, 2.75) is 63.3 Å². The van der Waals surface area contributed by atoms with Gasteiger partial charge in [0, 0.05) is 26.1 Å². The summed E-state index contributed by atoms with van der Waals surface area (Å²) in [6.07, 6.45) is 4.27. The fourth-order valence-electron chi connectivity index (χ4n) is 4.48. The molecule has 1 heterocycles. The molecule has 1 saturated carbocycles. The number of aliphatic hydroxyl groups excluding tert-OH is 1. The maximum atomic E-state index is 12.9. The molecule has 1 amide bonds. The predicted octanol–water partition coefficient (Wildman–Crippen LogP) is 2.30. The van der Waals surface area contributed by atoms with Crippen LogP contribution in [0.15, 0.2) is 24.3 Å². The van der Waals surface area contributed by atoms with E-state index in [1.165, 1.54) is 4.31 Å². The number of rotatable bonds is 5. The molecule has 0 unspecified atom stereocenters. The van der Waals surface area contributed by atoms with Crippen molar-refractivity contribution >= 4 is 15.9 Å². The fourth-order valence-corrected chi connectivity index (χ4v) is 6.03. The molecule has 1 aromatic carbocycles. The molecule has 1 aromatic rings. The van der Waals surface area contributed by atoms with Gasteiger partial charge in [-0.3, -0.25) is 4.79 Å². The lowest BCUT2D eigenvalue weighted by Gasteiger charge is -2.38. The van der Waals surface area contributed by atoms with E-state index in [-0.39, 0.29) is 23.6 Å². The Kier molecular flexibility index (Phi) is 6.78. The first kappa shape index (κ1) is 21.3. The smallest absolute Gasteiger partial charge is 0.225 e. The summed E-state index contributed by atoms with van der Waals surface area (Å²) in [4.78, 5) is 14.6. The van der Waals surface area contributed by atoms with Gasteiger partial charge in [0.1, 0.15) is 0 Å². The van der Waals surface area contributed by atoms with Gasteiger partial charge < -0.3 is 10.0 Å². The molecule has 1 saturated heterocycles. The molecule has 1 N–H and O–H groups in total. The Balaban J connectivity index is 1.56. The second-order valence-electron chi connectivity index (χ2n) is 8.29. The largest absolute Gasteiger partial charge is 0.391 e. The van der Waals surface area contributed by atoms with Crippen LogP contribution in [0.1, 0.15) is 49.7 Å². The Morgan fingerprint density at radius 3 is 2.50 bits per heavy atom. The lowest BCUT2D eigenvalue weighted by atomic mass is 9.89. The number of nitrogens with zero attached hydrogens (tertiary/aromatic N) is 2. The highest BCUT2D eigenvalue weighted by molar-refractivity contribution is 7.88. The van der Waals surface area contributed by atoms with Crippen LogP contribution < -0.4 is 0 Å². The van der Waals surface area contributed by atoms with Crippen LogP contribution in [0.2, 0.25) is 0 Å². The second kappa shape index (κ2) is 8.93. The van der Waals surface area contributed by atoms with Crippen LogP contribution in [0, 0.1) is 12.8 Å². The van der Waals surface area contributed by atoms with E-state index >= 15 is 0 Å². The molecule has 2 fully saturated rings. The third kappa shape index (κ3) is 4.93. The molecule has 0 bridgehead atoms. The van der Waals surface area contributed by atoms with Crippen molar-refractivity contribution in [3.8, 4) is 0 Å². The Morgan fingerprint density at radius 2 is 1.86 bits per heavy atom. The lowest BCUT2D eigenvalue weighted by Crippen LogP contribution is -2.50. The van der Waals surface area contributed by atoms with Crippen LogP contribution in [0.3, 0.4) is 0 Å². The number of piperidine rings is 1. The molecular formula is C21H32N2O4S. The van der Waals surface area contributed by atoms with Gasteiger partial charge in [0.25, 0.3) is 0 Å². The van der Waals surface area contributed by atoms with Crippen molar-refractivity contribution in [2.75, 3.05) is 20.1 Å². The Bertz CT molecular complexity index is 787. The normalized spacial score (nSPS) is 24.8. The van der Waals surface area contributed by atoms with Crippen LogP contribution >= 0.6 is 0 Å². The minimum absolute atomic E-state index is 0.00145. The van der Waals surface area contributed by atoms with E-state index in [0.29, 0.717) is 25.9 Å². The molecule has 0 aromatic heterocycles. The third-order valence-electron chi connectivity index (χ3n) is 6.17. The Hall–Kier alpha value is -1.44. The Labute approximate surface area is 168 Å². The summed E-state index contributed by atoms with van der Waals surface area (Å²) in [5.41, 5.74) is 1.84. The van der Waals surface area contributed by atoms with E-state index in [9.17, 15) is 18.3 Å². The first-order chi connectivity index (χ1) is 13.3. The van der Waals surface area contributed by atoms with E-state index in [1.54, 1.807) is 11.9 Å². The maximum Gasteiger partial charge on any atom is 0.225 e. The van der Waals surface area contributed by atoms with E-state index in [1.807, 2.05) is 31.2 Å². The number of aryl methyl sites for hydroxylation is 1. The molecule has 7 heteroatoms.